The molecule has 9 nitrogen and oxygen atoms in total. The zero-order chi connectivity index (χ0) is 22.3. The van der Waals surface area contributed by atoms with Crippen LogP contribution in [-0.2, 0) is 16.0 Å². The number of aryl methyl sites for hydroxylation is 1. The maximum absolute atomic E-state index is 12.4. The van der Waals surface area contributed by atoms with Gasteiger partial charge < -0.3 is 20.5 Å². The monoisotopic (exact) mass is 433 g/mol. The predicted molar refractivity (Wildman–Crippen MR) is 117 cm³/mol. The first kappa shape index (κ1) is 21.2. The lowest BCUT2D eigenvalue weighted by Crippen LogP contribution is -2.42. The standard InChI is InChI=1S/C23H23N5O4/c29-19(13-12-18-23(31)25-17-10-5-4-9-16(17)22(30)26-18)24-14-6-11-20-27-21(28-32-20)15-7-2-1-3-8-15/h1-5,7-10,18H,6,11-14H2,(H,24,29)(H,25,31)(H,26,30)/t18-/m1/s1. The van der Waals surface area contributed by atoms with Gasteiger partial charge >= 0.3 is 0 Å². The molecular formula is C23H23N5O4. The Labute approximate surface area is 184 Å². The highest BCUT2D eigenvalue weighted by atomic mass is 16.5. The fourth-order valence-corrected chi connectivity index (χ4v) is 3.41. The minimum absolute atomic E-state index is 0.118. The van der Waals surface area contributed by atoms with Gasteiger partial charge in [0.15, 0.2) is 0 Å². The van der Waals surface area contributed by atoms with Crippen LogP contribution in [0.2, 0.25) is 0 Å². The molecule has 4 rings (SSSR count). The summed E-state index contributed by atoms with van der Waals surface area (Å²) in [6.07, 6.45) is 1.51. The fourth-order valence-electron chi connectivity index (χ4n) is 3.41. The van der Waals surface area contributed by atoms with Crippen molar-refractivity contribution in [1.82, 2.24) is 20.8 Å². The molecule has 0 saturated heterocycles. The average Bonchev–Trinajstić information content (AvgIpc) is 3.24. The Morgan fingerprint density at radius 2 is 1.84 bits per heavy atom. The summed E-state index contributed by atoms with van der Waals surface area (Å²) < 4.78 is 5.25. The van der Waals surface area contributed by atoms with Gasteiger partial charge in [-0.2, -0.15) is 4.98 Å². The Bertz CT molecular complexity index is 1110. The van der Waals surface area contributed by atoms with Crippen LogP contribution in [0, 0.1) is 0 Å². The first-order chi connectivity index (χ1) is 15.6. The Balaban J connectivity index is 1.19. The third-order valence-corrected chi connectivity index (χ3v) is 5.10. The largest absolute Gasteiger partial charge is 0.356 e. The molecule has 0 radical (unpaired) electrons. The Kier molecular flexibility index (Phi) is 6.54. The van der Waals surface area contributed by atoms with E-state index >= 15 is 0 Å². The lowest BCUT2D eigenvalue weighted by atomic mass is 10.1. The molecule has 1 aliphatic heterocycles. The van der Waals surface area contributed by atoms with E-state index in [9.17, 15) is 14.4 Å². The van der Waals surface area contributed by atoms with Crippen LogP contribution < -0.4 is 16.0 Å². The van der Waals surface area contributed by atoms with Crippen LogP contribution in [0.4, 0.5) is 5.69 Å². The second-order valence-electron chi connectivity index (χ2n) is 7.43. The Hall–Kier alpha value is -4.01. The van der Waals surface area contributed by atoms with Gasteiger partial charge in [-0.05, 0) is 25.0 Å². The summed E-state index contributed by atoms with van der Waals surface area (Å²) in [5.41, 5.74) is 1.76. The summed E-state index contributed by atoms with van der Waals surface area (Å²) in [7, 11) is 0. The molecule has 2 aromatic carbocycles. The Morgan fingerprint density at radius 1 is 1.06 bits per heavy atom. The third-order valence-electron chi connectivity index (χ3n) is 5.10. The fraction of sp³-hybridized carbons (Fsp3) is 0.261. The number of carbonyl (C=O) groups excluding carboxylic acids is 3. The van der Waals surface area contributed by atoms with E-state index in [0.717, 1.165) is 5.56 Å². The number of fused-ring (bicyclic) bond motifs is 1. The van der Waals surface area contributed by atoms with Gasteiger partial charge in [-0.3, -0.25) is 14.4 Å². The lowest BCUT2D eigenvalue weighted by Gasteiger charge is -2.14. The van der Waals surface area contributed by atoms with Crippen LogP contribution in [0.5, 0.6) is 0 Å². The van der Waals surface area contributed by atoms with E-state index in [-0.39, 0.29) is 30.6 Å². The van der Waals surface area contributed by atoms with Crippen molar-refractivity contribution in [3.63, 3.8) is 0 Å². The molecule has 1 aromatic heterocycles. The zero-order valence-electron chi connectivity index (χ0n) is 17.3. The normalized spacial score (nSPS) is 15.3. The van der Waals surface area contributed by atoms with E-state index in [4.69, 9.17) is 4.52 Å². The molecule has 1 aliphatic rings. The maximum atomic E-state index is 12.4. The molecule has 0 unspecified atom stereocenters. The van der Waals surface area contributed by atoms with Crippen molar-refractivity contribution in [2.45, 2.75) is 31.7 Å². The summed E-state index contributed by atoms with van der Waals surface area (Å²) >= 11 is 0. The predicted octanol–water partition coefficient (Wildman–Crippen LogP) is 2.32. The molecule has 0 spiro atoms. The SMILES string of the molecule is O=C(CC[C@H]1NC(=O)c2ccccc2NC1=O)NCCCc1nc(-c2ccccc2)no1. The summed E-state index contributed by atoms with van der Waals surface area (Å²) in [5, 5.41) is 12.2. The molecule has 0 aliphatic carbocycles. The number of hydrogen-bond donors (Lipinski definition) is 3. The minimum atomic E-state index is -0.768. The smallest absolute Gasteiger partial charge is 0.254 e. The number of carbonyl (C=O) groups is 3. The second-order valence-corrected chi connectivity index (χ2v) is 7.43. The topological polar surface area (TPSA) is 126 Å². The molecule has 0 fully saturated rings. The average molecular weight is 433 g/mol. The Morgan fingerprint density at radius 3 is 2.69 bits per heavy atom. The van der Waals surface area contributed by atoms with Gasteiger partial charge in [0.25, 0.3) is 5.91 Å². The van der Waals surface area contributed by atoms with Crippen molar-refractivity contribution < 1.29 is 18.9 Å². The highest BCUT2D eigenvalue weighted by Crippen LogP contribution is 2.19. The van der Waals surface area contributed by atoms with Crippen LogP contribution in [-0.4, -0.2) is 40.4 Å². The van der Waals surface area contributed by atoms with E-state index in [1.54, 1.807) is 24.3 Å². The molecule has 3 N–H and O–H groups in total. The number of anilines is 1. The maximum Gasteiger partial charge on any atom is 0.254 e. The van der Waals surface area contributed by atoms with Crippen LogP contribution in [0.3, 0.4) is 0 Å². The van der Waals surface area contributed by atoms with Crippen LogP contribution in [0.25, 0.3) is 11.4 Å². The molecule has 32 heavy (non-hydrogen) atoms. The molecule has 164 valence electrons. The van der Waals surface area contributed by atoms with Gasteiger partial charge in [-0.25, -0.2) is 0 Å². The lowest BCUT2D eigenvalue weighted by molar-refractivity contribution is -0.121. The van der Waals surface area contributed by atoms with E-state index in [0.29, 0.717) is 42.4 Å². The van der Waals surface area contributed by atoms with Gasteiger partial charge in [0.1, 0.15) is 6.04 Å². The molecule has 3 amide bonds. The first-order valence-corrected chi connectivity index (χ1v) is 10.5. The number of nitrogens with zero attached hydrogens (tertiary/aromatic N) is 2. The van der Waals surface area contributed by atoms with Crippen LogP contribution in [0.1, 0.15) is 35.5 Å². The summed E-state index contributed by atoms with van der Waals surface area (Å²) in [5.74, 6) is 0.191. The van der Waals surface area contributed by atoms with Gasteiger partial charge in [0.2, 0.25) is 23.5 Å². The summed E-state index contributed by atoms with van der Waals surface area (Å²) in [4.78, 5) is 41.2. The van der Waals surface area contributed by atoms with E-state index < -0.39 is 6.04 Å². The molecule has 2 heterocycles. The van der Waals surface area contributed by atoms with Crippen LogP contribution in [0.15, 0.2) is 59.1 Å². The minimum Gasteiger partial charge on any atom is -0.356 e. The third kappa shape index (κ3) is 5.18. The van der Waals surface area contributed by atoms with E-state index in [1.807, 2.05) is 30.3 Å². The number of benzene rings is 2. The van der Waals surface area contributed by atoms with Crippen LogP contribution >= 0.6 is 0 Å². The number of nitrogens with one attached hydrogen (secondary N) is 3. The molecule has 9 heteroatoms. The van der Waals surface area contributed by atoms with Crippen molar-refractivity contribution in [1.29, 1.82) is 0 Å². The number of amides is 3. The molecule has 3 aromatic rings. The molecule has 0 bridgehead atoms. The van der Waals surface area contributed by atoms with Gasteiger partial charge in [-0.1, -0.05) is 47.6 Å². The summed E-state index contributed by atoms with van der Waals surface area (Å²) in [6.45, 7) is 0.441. The van der Waals surface area contributed by atoms with Crippen molar-refractivity contribution in [3.05, 3.63) is 66.1 Å². The number of aromatic nitrogens is 2. The number of para-hydroxylation sites is 1. The molecule has 1 atom stereocenters. The molecular weight excluding hydrogens is 410 g/mol. The highest BCUT2D eigenvalue weighted by molar-refractivity contribution is 6.09. The van der Waals surface area contributed by atoms with Crippen molar-refractivity contribution in [2.75, 3.05) is 11.9 Å². The van der Waals surface area contributed by atoms with Crippen molar-refractivity contribution in [2.24, 2.45) is 0 Å². The highest BCUT2D eigenvalue weighted by Gasteiger charge is 2.27. The summed E-state index contributed by atoms with van der Waals surface area (Å²) in [6, 6.07) is 15.6. The van der Waals surface area contributed by atoms with Gasteiger partial charge in [0.05, 0.1) is 11.3 Å². The number of hydrogen-bond acceptors (Lipinski definition) is 6. The van der Waals surface area contributed by atoms with Crippen molar-refractivity contribution in [3.8, 4) is 11.4 Å². The zero-order valence-corrected chi connectivity index (χ0v) is 17.3. The van der Waals surface area contributed by atoms with Crippen molar-refractivity contribution >= 4 is 23.4 Å². The van der Waals surface area contributed by atoms with E-state index in [2.05, 4.69) is 26.1 Å². The van der Waals surface area contributed by atoms with Gasteiger partial charge in [-0.15, -0.1) is 0 Å². The first-order valence-electron chi connectivity index (χ1n) is 10.5. The quantitative estimate of drug-likeness (QED) is 0.468. The second kappa shape index (κ2) is 9.86. The molecule has 0 saturated carbocycles. The van der Waals surface area contributed by atoms with E-state index in [1.165, 1.54) is 0 Å². The number of rotatable bonds is 8. The van der Waals surface area contributed by atoms with Gasteiger partial charge in [0, 0.05) is 24.9 Å².